The summed E-state index contributed by atoms with van der Waals surface area (Å²) in [7, 11) is 0. The standard InChI is InChI=1S/C12H22O11/c13-1-5-7(16)8(17)9(18)11(23-5)21-3-6(15)12(20)10(19)4(14)2-22-12/h4-11,13-20H,1-3H2/t4-,5-,6-,7-,8+,9-,10-,11+,12-/m1/s1. The second-order valence-electron chi connectivity index (χ2n) is 5.62. The van der Waals surface area contributed by atoms with E-state index in [9.17, 15) is 35.7 Å². The first-order valence-corrected chi connectivity index (χ1v) is 7.05. The van der Waals surface area contributed by atoms with Crippen LogP contribution in [0.15, 0.2) is 0 Å². The molecule has 0 aliphatic carbocycles. The summed E-state index contributed by atoms with van der Waals surface area (Å²) in [6.45, 7) is -1.73. The normalized spacial score (nSPS) is 49.3. The molecule has 0 saturated carbocycles. The fraction of sp³-hybridized carbons (Fsp3) is 1.00. The lowest BCUT2D eigenvalue weighted by Gasteiger charge is -2.40. The van der Waals surface area contributed by atoms with Gasteiger partial charge in [-0.3, -0.25) is 0 Å². The molecule has 2 fully saturated rings. The van der Waals surface area contributed by atoms with E-state index < -0.39 is 74.6 Å². The quantitative estimate of drug-likeness (QED) is 0.238. The second kappa shape index (κ2) is 7.21. The van der Waals surface area contributed by atoms with Crippen LogP contribution in [0, 0.1) is 0 Å². The van der Waals surface area contributed by atoms with E-state index in [0.717, 1.165) is 0 Å². The summed E-state index contributed by atoms with van der Waals surface area (Å²) in [4.78, 5) is 0. The van der Waals surface area contributed by atoms with Crippen molar-refractivity contribution in [1.82, 2.24) is 0 Å². The Labute approximate surface area is 130 Å². The minimum Gasteiger partial charge on any atom is -0.394 e. The smallest absolute Gasteiger partial charge is 0.224 e. The highest BCUT2D eigenvalue weighted by Gasteiger charge is 2.53. The Balaban J connectivity index is 1.94. The van der Waals surface area contributed by atoms with E-state index in [-0.39, 0.29) is 0 Å². The number of hydrogen-bond acceptors (Lipinski definition) is 11. The average Bonchev–Trinajstić information content (AvgIpc) is 2.80. The number of rotatable bonds is 5. The maximum atomic E-state index is 9.99. The predicted octanol–water partition coefficient (Wildman–Crippen LogP) is -5.40. The van der Waals surface area contributed by atoms with E-state index >= 15 is 0 Å². The molecule has 8 N–H and O–H groups in total. The molecule has 0 bridgehead atoms. The van der Waals surface area contributed by atoms with E-state index in [0.29, 0.717) is 0 Å². The number of aliphatic hydroxyl groups is 8. The molecule has 0 unspecified atom stereocenters. The molecule has 9 atom stereocenters. The van der Waals surface area contributed by atoms with Crippen LogP contribution in [0.2, 0.25) is 0 Å². The van der Waals surface area contributed by atoms with E-state index in [1.54, 1.807) is 0 Å². The fourth-order valence-electron chi connectivity index (χ4n) is 2.47. The van der Waals surface area contributed by atoms with Gasteiger partial charge in [0.25, 0.3) is 0 Å². The molecular weight excluding hydrogens is 320 g/mol. The zero-order chi connectivity index (χ0) is 17.4. The molecule has 11 nitrogen and oxygen atoms in total. The Hall–Kier alpha value is -0.440. The van der Waals surface area contributed by atoms with Crippen LogP contribution in [0.4, 0.5) is 0 Å². The molecule has 2 aliphatic heterocycles. The molecule has 0 aromatic carbocycles. The van der Waals surface area contributed by atoms with Gasteiger partial charge in [-0.2, -0.15) is 0 Å². The number of ether oxygens (including phenoxy) is 3. The molecule has 2 heterocycles. The van der Waals surface area contributed by atoms with Crippen LogP contribution < -0.4 is 0 Å². The summed E-state index contributed by atoms with van der Waals surface area (Å²) in [5.41, 5.74) is 0. The lowest BCUT2D eigenvalue weighted by molar-refractivity contribution is -0.322. The third-order valence-corrected chi connectivity index (χ3v) is 4.02. The molecule has 2 saturated heterocycles. The van der Waals surface area contributed by atoms with E-state index in [1.807, 2.05) is 0 Å². The SMILES string of the molecule is OC[C@H]1O[C@H](OC[C@@H](O)[C@@]2(O)OC[C@@H](O)[C@H]2O)[C@H](O)[C@@H](O)[C@@H]1O. The Kier molecular flexibility index (Phi) is 5.92. The van der Waals surface area contributed by atoms with E-state index in [2.05, 4.69) is 0 Å². The Morgan fingerprint density at radius 1 is 1.09 bits per heavy atom. The summed E-state index contributed by atoms with van der Waals surface area (Å²) in [5, 5.41) is 76.8. The molecular formula is C12H22O11. The maximum Gasteiger partial charge on any atom is 0.224 e. The molecule has 11 heteroatoms. The Bertz CT molecular complexity index is 393. The highest BCUT2D eigenvalue weighted by Crippen LogP contribution is 2.29. The molecule has 2 aliphatic rings. The van der Waals surface area contributed by atoms with Gasteiger partial charge in [0.1, 0.15) is 42.7 Å². The van der Waals surface area contributed by atoms with Crippen LogP contribution in [0.5, 0.6) is 0 Å². The predicted molar refractivity (Wildman–Crippen MR) is 68.6 cm³/mol. The average molecular weight is 342 g/mol. The number of aliphatic hydroxyl groups excluding tert-OH is 7. The highest BCUT2D eigenvalue weighted by molar-refractivity contribution is 4.95. The lowest BCUT2D eigenvalue weighted by atomic mass is 9.99. The molecule has 0 spiro atoms. The minimum atomic E-state index is -2.46. The van der Waals surface area contributed by atoms with Crippen molar-refractivity contribution in [3.05, 3.63) is 0 Å². The maximum absolute atomic E-state index is 9.99. The molecule has 0 radical (unpaired) electrons. The van der Waals surface area contributed by atoms with Crippen LogP contribution in [-0.4, -0.2) is 115 Å². The molecule has 0 aromatic rings. The van der Waals surface area contributed by atoms with Gasteiger partial charge in [0, 0.05) is 0 Å². The Morgan fingerprint density at radius 2 is 1.74 bits per heavy atom. The van der Waals surface area contributed by atoms with Crippen LogP contribution in [0.25, 0.3) is 0 Å². The molecule has 136 valence electrons. The summed E-state index contributed by atoms with van der Waals surface area (Å²) in [6.07, 6.45) is -12.5. The highest BCUT2D eigenvalue weighted by atomic mass is 16.7. The Morgan fingerprint density at radius 3 is 2.26 bits per heavy atom. The molecule has 0 amide bonds. The van der Waals surface area contributed by atoms with Gasteiger partial charge in [0.05, 0.1) is 19.8 Å². The zero-order valence-corrected chi connectivity index (χ0v) is 12.0. The van der Waals surface area contributed by atoms with Crippen molar-refractivity contribution in [2.24, 2.45) is 0 Å². The molecule has 2 rings (SSSR count). The van der Waals surface area contributed by atoms with Gasteiger partial charge in [0.2, 0.25) is 5.79 Å². The fourth-order valence-corrected chi connectivity index (χ4v) is 2.47. The van der Waals surface area contributed by atoms with Crippen LogP contribution in [0.3, 0.4) is 0 Å². The molecule has 0 aromatic heterocycles. The topological polar surface area (TPSA) is 190 Å². The van der Waals surface area contributed by atoms with Gasteiger partial charge in [-0.1, -0.05) is 0 Å². The number of hydrogen-bond donors (Lipinski definition) is 8. The van der Waals surface area contributed by atoms with Crippen LogP contribution in [0.1, 0.15) is 0 Å². The van der Waals surface area contributed by atoms with Gasteiger partial charge in [-0.05, 0) is 0 Å². The van der Waals surface area contributed by atoms with Crippen molar-refractivity contribution in [2.45, 2.75) is 54.8 Å². The lowest BCUT2D eigenvalue weighted by Crippen LogP contribution is -2.60. The van der Waals surface area contributed by atoms with Crippen LogP contribution >= 0.6 is 0 Å². The summed E-state index contributed by atoms with van der Waals surface area (Å²) < 4.78 is 14.8. The largest absolute Gasteiger partial charge is 0.394 e. The van der Waals surface area contributed by atoms with Gasteiger partial charge in [-0.15, -0.1) is 0 Å². The zero-order valence-electron chi connectivity index (χ0n) is 12.0. The van der Waals surface area contributed by atoms with E-state index in [1.165, 1.54) is 0 Å². The van der Waals surface area contributed by atoms with Crippen molar-refractivity contribution in [3.63, 3.8) is 0 Å². The van der Waals surface area contributed by atoms with Gasteiger partial charge in [0.15, 0.2) is 6.29 Å². The summed E-state index contributed by atoms with van der Waals surface area (Å²) in [6, 6.07) is 0. The van der Waals surface area contributed by atoms with E-state index in [4.69, 9.17) is 19.3 Å². The van der Waals surface area contributed by atoms with Crippen molar-refractivity contribution < 1.29 is 55.1 Å². The van der Waals surface area contributed by atoms with Crippen molar-refractivity contribution in [1.29, 1.82) is 0 Å². The first-order chi connectivity index (χ1) is 10.7. The summed E-state index contributed by atoms with van der Waals surface area (Å²) in [5.74, 6) is -2.46. The minimum absolute atomic E-state index is 0.394. The monoisotopic (exact) mass is 342 g/mol. The van der Waals surface area contributed by atoms with Crippen LogP contribution in [-0.2, 0) is 14.2 Å². The third kappa shape index (κ3) is 3.50. The van der Waals surface area contributed by atoms with Crippen molar-refractivity contribution >= 4 is 0 Å². The van der Waals surface area contributed by atoms with Gasteiger partial charge >= 0.3 is 0 Å². The first kappa shape index (κ1) is 18.9. The van der Waals surface area contributed by atoms with Gasteiger partial charge < -0.3 is 55.1 Å². The second-order valence-corrected chi connectivity index (χ2v) is 5.62. The van der Waals surface area contributed by atoms with Gasteiger partial charge in [-0.25, -0.2) is 0 Å². The first-order valence-electron chi connectivity index (χ1n) is 7.05. The van der Waals surface area contributed by atoms with Crippen molar-refractivity contribution in [2.75, 3.05) is 19.8 Å². The molecule has 23 heavy (non-hydrogen) atoms. The third-order valence-electron chi connectivity index (χ3n) is 4.02. The van der Waals surface area contributed by atoms with Crippen molar-refractivity contribution in [3.8, 4) is 0 Å². The summed E-state index contributed by atoms with van der Waals surface area (Å²) >= 11 is 0.